The molecule has 0 radical (unpaired) electrons. The van der Waals surface area contributed by atoms with E-state index in [1.165, 1.54) is 17.2 Å². The molecule has 0 heterocycles. The third-order valence-corrected chi connectivity index (χ3v) is 8.16. The lowest BCUT2D eigenvalue weighted by Crippen LogP contribution is -2.21. The second kappa shape index (κ2) is 11.2. The maximum atomic E-state index is 12.5. The summed E-state index contributed by atoms with van der Waals surface area (Å²) >= 11 is 0. The van der Waals surface area contributed by atoms with E-state index >= 15 is 0 Å². The van der Waals surface area contributed by atoms with Crippen LogP contribution in [-0.4, -0.2) is 11.1 Å². The van der Waals surface area contributed by atoms with Gasteiger partial charge in [-0.3, -0.25) is 0 Å². The van der Waals surface area contributed by atoms with Crippen molar-refractivity contribution in [2.24, 2.45) is 0 Å². The normalized spacial score (nSPS) is 13.2. The lowest BCUT2D eigenvalue weighted by molar-refractivity contribution is -0.129. The van der Waals surface area contributed by atoms with E-state index in [4.69, 9.17) is 4.74 Å². The van der Waals surface area contributed by atoms with E-state index in [1.807, 2.05) is 0 Å². The summed E-state index contributed by atoms with van der Waals surface area (Å²) in [5.74, 6) is 0.893. The SMILES string of the molecule is C=CC(=O)Oc1c(C(C)c2cc(C(C)C)cc(C(C)(C)CC)c2O)cc(C(C)C)cc1C(C)(C)CC. The van der Waals surface area contributed by atoms with Gasteiger partial charge >= 0.3 is 5.97 Å². The highest BCUT2D eigenvalue weighted by Crippen LogP contribution is 2.47. The van der Waals surface area contributed by atoms with Crippen LogP contribution in [0.25, 0.3) is 0 Å². The molecule has 0 saturated carbocycles. The number of hydrogen-bond donors (Lipinski definition) is 1. The molecule has 0 aliphatic heterocycles. The molecular weight excluding hydrogens is 444 g/mol. The fourth-order valence-corrected chi connectivity index (χ4v) is 4.50. The topological polar surface area (TPSA) is 46.5 Å². The van der Waals surface area contributed by atoms with Crippen LogP contribution in [0.2, 0.25) is 0 Å². The molecule has 1 N–H and O–H groups in total. The van der Waals surface area contributed by atoms with Gasteiger partial charge in [0, 0.05) is 34.2 Å². The fraction of sp³-hybridized carbons (Fsp3) is 0.545. The summed E-state index contributed by atoms with van der Waals surface area (Å²) in [5, 5.41) is 11.6. The first-order valence-electron chi connectivity index (χ1n) is 13.5. The zero-order valence-electron chi connectivity index (χ0n) is 24.5. The van der Waals surface area contributed by atoms with E-state index in [2.05, 4.69) is 107 Å². The van der Waals surface area contributed by atoms with E-state index in [-0.39, 0.29) is 16.7 Å². The highest BCUT2D eigenvalue weighted by molar-refractivity contribution is 5.84. The highest BCUT2D eigenvalue weighted by atomic mass is 16.5. The van der Waals surface area contributed by atoms with Crippen LogP contribution in [0.4, 0.5) is 0 Å². The summed E-state index contributed by atoms with van der Waals surface area (Å²) in [4.78, 5) is 12.5. The van der Waals surface area contributed by atoms with Crippen molar-refractivity contribution in [3.8, 4) is 11.5 Å². The number of phenols is 1. The number of aromatic hydroxyl groups is 1. The van der Waals surface area contributed by atoms with Crippen molar-refractivity contribution in [3.05, 3.63) is 70.3 Å². The third kappa shape index (κ3) is 6.05. The minimum Gasteiger partial charge on any atom is -0.507 e. The van der Waals surface area contributed by atoms with Gasteiger partial charge in [0.1, 0.15) is 11.5 Å². The Hall–Kier alpha value is -2.55. The Kier molecular flexibility index (Phi) is 9.26. The molecular formula is C33H48O3. The van der Waals surface area contributed by atoms with E-state index in [9.17, 15) is 9.90 Å². The molecule has 3 nitrogen and oxygen atoms in total. The van der Waals surface area contributed by atoms with Crippen LogP contribution in [0, 0.1) is 0 Å². The largest absolute Gasteiger partial charge is 0.507 e. The Morgan fingerprint density at radius 2 is 1.31 bits per heavy atom. The summed E-state index contributed by atoms with van der Waals surface area (Å²) in [6, 6.07) is 8.63. The van der Waals surface area contributed by atoms with Gasteiger partial charge in [0.15, 0.2) is 0 Å². The minimum absolute atomic E-state index is 0.170. The van der Waals surface area contributed by atoms with Crippen LogP contribution in [0.15, 0.2) is 36.9 Å². The number of ether oxygens (including phenoxy) is 1. The molecule has 0 bridgehead atoms. The smallest absolute Gasteiger partial charge is 0.335 e. The van der Waals surface area contributed by atoms with Gasteiger partial charge in [0.2, 0.25) is 0 Å². The molecule has 2 aromatic carbocycles. The number of carbonyl (C=O) groups excluding carboxylic acids is 1. The van der Waals surface area contributed by atoms with Gasteiger partial charge in [-0.2, -0.15) is 0 Å². The number of benzene rings is 2. The third-order valence-electron chi connectivity index (χ3n) is 8.16. The number of esters is 1. The molecule has 3 heteroatoms. The quantitative estimate of drug-likeness (QED) is 0.204. The predicted octanol–water partition coefficient (Wildman–Crippen LogP) is 9.26. The van der Waals surface area contributed by atoms with E-state index < -0.39 is 5.97 Å². The lowest BCUT2D eigenvalue weighted by atomic mass is 9.75. The van der Waals surface area contributed by atoms with Crippen LogP contribution in [-0.2, 0) is 15.6 Å². The Morgan fingerprint density at radius 3 is 1.75 bits per heavy atom. The Bertz CT molecular complexity index is 1100. The first-order valence-corrected chi connectivity index (χ1v) is 13.5. The molecule has 36 heavy (non-hydrogen) atoms. The van der Waals surface area contributed by atoms with Crippen LogP contribution in [0.5, 0.6) is 11.5 Å². The fourth-order valence-electron chi connectivity index (χ4n) is 4.50. The standard InChI is InChI=1S/C33H48O3/c1-13-29(34)36-31-26(17-24(21(6)7)19-28(31)33(11,12)15-3)22(8)25-16-23(20(4)5)18-27(30(25)35)32(9,10)14-2/h13,16-22,35H,1,14-15H2,2-12H3. The number of phenolic OH excluding ortho intramolecular Hbond substituents is 1. The van der Waals surface area contributed by atoms with Gasteiger partial charge < -0.3 is 9.84 Å². The molecule has 1 atom stereocenters. The van der Waals surface area contributed by atoms with Gasteiger partial charge in [0.05, 0.1) is 0 Å². The molecule has 1 unspecified atom stereocenters. The average Bonchev–Trinajstić information content (AvgIpc) is 2.82. The Morgan fingerprint density at radius 1 is 0.861 bits per heavy atom. The molecule has 0 saturated heterocycles. The van der Waals surface area contributed by atoms with Crippen LogP contribution in [0.3, 0.4) is 0 Å². The molecule has 2 rings (SSSR count). The predicted molar refractivity (Wildman–Crippen MR) is 153 cm³/mol. The second-order valence-electron chi connectivity index (χ2n) is 12.1. The summed E-state index contributed by atoms with van der Waals surface area (Å²) < 4.78 is 5.99. The minimum atomic E-state index is -0.471. The van der Waals surface area contributed by atoms with E-state index in [1.54, 1.807) is 0 Å². The number of hydrogen-bond acceptors (Lipinski definition) is 3. The zero-order chi connectivity index (χ0) is 27.6. The molecule has 0 aliphatic rings. The molecule has 0 aromatic heterocycles. The van der Waals surface area contributed by atoms with Crippen LogP contribution >= 0.6 is 0 Å². The Balaban J connectivity index is 2.98. The lowest BCUT2D eigenvalue weighted by Gasteiger charge is -2.31. The average molecular weight is 493 g/mol. The molecule has 0 fully saturated rings. The van der Waals surface area contributed by atoms with Crippen molar-refractivity contribution in [3.63, 3.8) is 0 Å². The van der Waals surface area contributed by atoms with Crippen LogP contribution < -0.4 is 4.74 Å². The highest BCUT2D eigenvalue weighted by Gasteiger charge is 2.32. The summed E-state index contributed by atoms with van der Waals surface area (Å²) in [6.45, 7) is 27.5. The first-order chi connectivity index (χ1) is 16.6. The summed E-state index contributed by atoms with van der Waals surface area (Å²) in [6.07, 6.45) is 3.02. The molecule has 0 aliphatic carbocycles. The maximum absolute atomic E-state index is 12.5. The summed E-state index contributed by atoms with van der Waals surface area (Å²) in [7, 11) is 0. The van der Waals surface area contributed by atoms with Gasteiger partial charge in [-0.05, 0) is 46.6 Å². The van der Waals surface area contributed by atoms with Gasteiger partial charge in [-0.25, -0.2) is 4.79 Å². The van der Waals surface area contributed by atoms with Gasteiger partial charge in [0.25, 0.3) is 0 Å². The van der Waals surface area contributed by atoms with Crippen molar-refractivity contribution < 1.29 is 14.6 Å². The summed E-state index contributed by atoms with van der Waals surface area (Å²) in [5.41, 5.74) is 5.80. The van der Waals surface area contributed by atoms with Crippen molar-refractivity contribution in [1.29, 1.82) is 0 Å². The second-order valence-corrected chi connectivity index (χ2v) is 12.1. The van der Waals surface area contributed by atoms with Crippen molar-refractivity contribution in [1.82, 2.24) is 0 Å². The van der Waals surface area contributed by atoms with Gasteiger partial charge in [-0.15, -0.1) is 0 Å². The molecule has 0 amide bonds. The Labute approximate surface area is 220 Å². The number of rotatable bonds is 10. The van der Waals surface area contributed by atoms with Crippen molar-refractivity contribution in [2.75, 3.05) is 0 Å². The maximum Gasteiger partial charge on any atom is 0.335 e. The van der Waals surface area contributed by atoms with E-state index in [0.717, 1.165) is 35.1 Å². The van der Waals surface area contributed by atoms with Crippen molar-refractivity contribution in [2.45, 2.75) is 118 Å². The molecule has 2 aromatic rings. The van der Waals surface area contributed by atoms with Crippen LogP contribution in [0.1, 0.15) is 140 Å². The zero-order valence-corrected chi connectivity index (χ0v) is 24.5. The molecule has 0 spiro atoms. The monoisotopic (exact) mass is 492 g/mol. The van der Waals surface area contributed by atoms with E-state index in [0.29, 0.717) is 23.3 Å². The first kappa shape index (κ1) is 29.7. The van der Waals surface area contributed by atoms with Crippen molar-refractivity contribution >= 4 is 5.97 Å². The van der Waals surface area contributed by atoms with Gasteiger partial charge in [-0.1, -0.05) is 107 Å². The molecule has 198 valence electrons. The number of carbonyl (C=O) groups is 1.